The Bertz CT molecular complexity index is 755. The number of carboxylic acid groups (broad SMARTS) is 2. The van der Waals surface area contributed by atoms with Crippen LogP contribution in [0.2, 0.25) is 0 Å². The Morgan fingerprint density at radius 2 is 1.41 bits per heavy atom. The average Bonchev–Trinajstić information content (AvgIpc) is 2.65. The van der Waals surface area contributed by atoms with Crippen molar-refractivity contribution in [2.45, 2.75) is 19.4 Å². The molecule has 0 aliphatic rings. The van der Waals surface area contributed by atoms with E-state index in [0.717, 1.165) is 11.1 Å². The number of amides is 2. The third-order valence-electron chi connectivity index (χ3n) is 4.24. The van der Waals surface area contributed by atoms with Crippen molar-refractivity contribution in [1.29, 1.82) is 0 Å². The molecule has 0 radical (unpaired) electrons. The van der Waals surface area contributed by atoms with Gasteiger partial charge in [0.05, 0.1) is 17.9 Å². The first-order valence-corrected chi connectivity index (χ1v) is 8.41. The van der Waals surface area contributed by atoms with Gasteiger partial charge in [-0.15, -0.1) is 0 Å². The lowest BCUT2D eigenvalue weighted by atomic mass is 9.87. The fourth-order valence-electron chi connectivity index (χ4n) is 2.66. The van der Waals surface area contributed by atoms with Crippen LogP contribution in [0, 0.1) is 5.41 Å². The molecule has 0 aliphatic carbocycles. The molecule has 0 fully saturated rings. The van der Waals surface area contributed by atoms with Crippen LogP contribution in [0.25, 0.3) is 0 Å². The van der Waals surface area contributed by atoms with Crippen molar-refractivity contribution >= 4 is 18.0 Å². The highest BCUT2D eigenvalue weighted by molar-refractivity contribution is 5.82. The van der Waals surface area contributed by atoms with Gasteiger partial charge in [0.2, 0.25) is 0 Å². The molecule has 2 amide bonds. The van der Waals surface area contributed by atoms with E-state index in [-0.39, 0.29) is 6.54 Å². The highest BCUT2D eigenvalue weighted by atomic mass is 16.4. The van der Waals surface area contributed by atoms with Gasteiger partial charge in [-0.05, 0) is 18.1 Å². The number of benzene rings is 2. The normalized spacial score (nSPS) is 12.8. The maximum atomic E-state index is 12.4. The molecule has 27 heavy (non-hydrogen) atoms. The Morgan fingerprint density at radius 1 is 0.926 bits per heavy atom. The lowest BCUT2D eigenvalue weighted by Crippen LogP contribution is -2.46. The monoisotopic (exact) mass is 370 g/mol. The lowest BCUT2D eigenvalue weighted by molar-refractivity contribution is -0.154. The van der Waals surface area contributed by atoms with E-state index in [4.69, 9.17) is 5.11 Å². The first-order chi connectivity index (χ1) is 12.8. The van der Waals surface area contributed by atoms with E-state index in [1.54, 1.807) is 0 Å². The molecular weight excluding hydrogens is 348 g/mol. The molecule has 0 aliphatic heterocycles. The van der Waals surface area contributed by atoms with Crippen molar-refractivity contribution in [3.8, 4) is 0 Å². The van der Waals surface area contributed by atoms with Crippen molar-refractivity contribution in [2.75, 3.05) is 6.54 Å². The summed E-state index contributed by atoms with van der Waals surface area (Å²) >= 11 is 0. The van der Waals surface area contributed by atoms with Crippen LogP contribution < -0.4 is 10.6 Å². The summed E-state index contributed by atoms with van der Waals surface area (Å²) in [6, 6.07) is 17.7. The Balaban J connectivity index is 2.12. The molecule has 2 aromatic carbocycles. The van der Waals surface area contributed by atoms with Crippen molar-refractivity contribution in [2.24, 2.45) is 5.41 Å². The average molecular weight is 370 g/mol. The quantitative estimate of drug-likeness (QED) is 0.570. The van der Waals surface area contributed by atoms with Gasteiger partial charge in [-0.3, -0.25) is 9.59 Å². The van der Waals surface area contributed by atoms with Gasteiger partial charge in [0, 0.05) is 6.54 Å². The largest absolute Gasteiger partial charge is 0.481 e. The van der Waals surface area contributed by atoms with Crippen LogP contribution in [0.4, 0.5) is 4.79 Å². The van der Waals surface area contributed by atoms with Crippen LogP contribution in [0.1, 0.15) is 30.5 Å². The number of hydrogen-bond acceptors (Lipinski definition) is 3. The topological polar surface area (TPSA) is 116 Å². The van der Waals surface area contributed by atoms with E-state index >= 15 is 0 Å². The van der Waals surface area contributed by atoms with Gasteiger partial charge in [-0.2, -0.15) is 0 Å². The Morgan fingerprint density at radius 3 is 1.81 bits per heavy atom. The molecule has 7 nitrogen and oxygen atoms in total. The summed E-state index contributed by atoms with van der Waals surface area (Å²) in [7, 11) is 0. The molecule has 4 N–H and O–H groups in total. The van der Waals surface area contributed by atoms with Gasteiger partial charge in [0.15, 0.2) is 0 Å². The van der Waals surface area contributed by atoms with Gasteiger partial charge in [0.25, 0.3) is 0 Å². The molecule has 0 saturated heterocycles. The number of hydrogen-bond donors (Lipinski definition) is 4. The standard InChI is InChI=1S/C20H22N2O5/c1-20(18(25)26,12-16(23)24)13-21-19(27)22-17(14-8-4-2-5-9-14)15-10-6-3-7-11-15/h2-11,17H,12-13H2,1H3,(H,23,24)(H,25,26)(H2,21,22,27). The van der Waals surface area contributed by atoms with E-state index < -0.39 is 35.8 Å². The third kappa shape index (κ3) is 5.57. The summed E-state index contributed by atoms with van der Waals surface area (Å²) in [4.78, 5) is 34.7. The van der Waals surface area contributed by atoms with Crippen LogP contribution >= 0.6 is 0 Å². The number of urea groups is 1. The van der Waals surface area contributed by atoms with Crippen LogP contribution in [0.15, 0.2) is 60.7 Å². The minimum absolute atomic E-state index is 0.309. The first-order valence-electron chi connectivity index (χ1n) is 8.41. The smallest absolute Gasteiger partial charge is 0.315 e. The Hall–Kier alpha value is -3.35. The molecule has 0 saturated carbocycles. The minimum atomic E-state index is -1.60. The SMILES string of the molecule is CC(CNC(=O)NC(c1ccccc1)c1ccccc1)(CC(=O)O)C(=O)O. The third-order valence-corrected chi connectivity index (χ3v) is 4.24. The number of aliphatic carboxylic acids is 2. The molecule has 0 aromatic heterocycles. The Kier molecular flexibility index (Phi) is 6.54. The predicted molar refractivity (Wildman–Crippen MR) is 99.3 cm³/mol. The predicted octanol–water partition coefficient (Wildman–Crippen LogP) is 2.64. The molecule has 0 bridgehead atoms. The van der Waals surface area contributed by atoms with Crippen molar-refractivity contribution in [3.63, 3.8) is 0 Å². The van der Waals surface area contributed by atoms with Crippen molar-refractivity contribution in [1.82, 2.24) is 10.6 Å². The summed E-state index contributed by atoms with van der Waals surface area (Å²) in [5.41, 5.74) is 0.133. The number of carbonyl (C=O) groups excluding carboxylic acids is 1. The van der Waals surface area contributed by atoms with Crippen LogP contribution in [0.3, 0.4) is 0 Å². The van der Waals surface area contributed by atoms with Gasteiger partial charge in [-0.25, -0.2) is 4.79 Å². The summed E-state index contributed by atoms with van der Waals surface area (Å²) in [5.74, 6) is -2.53. The molecule has 2 rings (SSSR count). The van der Waals surface area contributed by atoms with E-state index in [1.165, 1.54) is 6.92 Å². The van der Waals surface area contributed by atoms with Crippen LogP contribution in [0.5, 0.6) is 0 Å². The summed E-state index contributed by atoms with van der Waals surface area (Å²) in [6.45, 7) is 0.979. The highest BCUT2D eigenvalue weighted by Crippen LogP contribution is 2.23. The molecule has 2 aromatic rings. The number of carbonyl (C=O) groups is 3. The molecule has 0 spiro atoms. The zero-order valence-electron chi connectivity index (χ0n) is 14.9. The molecule has 1 unspecified atom stereocenters. The zero-order chi connectivity index (χ0) is 19.9. The fraction of sp³-hybridized carbons (Fsp3) is 0.250. The molecule has 7 heteroatoms. The molecular formula is C20H22N2O5. The van der Waals surface area contributed by atoms with Gasteiger partial charge in [-0.1, -0.05) is 60.7 Å². The number of nitrogens with one attached hydrogen (secondary N) is 2. The Labute approximate surface area is 157 Å². The maximum absolute atomic E-state index is 12.4. The number of carboxylic acids is 2. The van der Waals surface area contributed by atoms with E-state index in [9.17, 15) is 19.5 Å². The summed E-state index contributed by atoms with van der Waals surface area (Å²) in [5, 5.41) is 23.5. The highest BCUT2D eigenvalue weighted by Gasteiger charge is 2.36. The van der Waals surface area contributed by atoms with E-state index in [1.807, 2.05) is 60.7 Å². The second-order valence-electron chi connectivity index (χ2n) is 6.52. The van der Waals surface area contributed by atoms with Gasteiger partial charge >= 0.3 is 18.0 Å². The van der Waals surface area contributed by atoms with Crippen LogP contribution in [-0.2, 0) is 9.59 Å². The fourth-order valence-corrected chi connectivity index (χ4v) is 2.66. The van der Waals surface area contributed by atoms with Gasteiger partial charge in [0.1, 0.15) is 0 Å². The first kappa shape index (κ1) is 20.0. The van der Waals surface area contributed by atoms with Gasteiger partial charge < -0.3 is 20.8 Å². The van der Waals surface area contributed by atoms with Crippen molar-refractivity contribution < 1.29 is 24.6 Å². The summed E-state index contributed by atoms with van der Waals surface area (Å²) in [6.07, 6.45) is -0.594. The van der Waals surface area contributed by atoms with E-state index in [0.29, 0.717) is 0 Å². The minimum Gasteiger partial charge on any atom is -0.481 e. The lowest BCUT2D eigenvalue weighted by Gasteiger charge is -2.25. The van der Waals surface area contributed by atoms with Crippen molar-refractivity contribution in [3.05, 3.63) is 71.8 Å². The number of rotatable bonds is 8. The van der Waals surface area contributed by atoms with E-state index in [2.05, 4.69) is 10.6 Å². The molecule has 1 atom stereocenters. The second kappa shape index (κ2) is 8.84. The maximum Gasteiger partial charge on any atom is 0.315 e. The van der Waals surface area contributed by atoms with Crippen LogP contribution in [-0.4, -0.2) is 34.7 Å². The molecule has 0 heterocycles. The summed E-state index contributed by atoms with van der Waals surface area (Å²) < 4.78 is 0. The second-order valence-corrected chi connectivity index (χ2v) is 6.52. The molecule has 142 valence electrons. The zero-order valence-corrected chi connectivity index (χ0v) is 14.9.